The second-order valence-corrected chi connectivity index (χ2v) is 4.99. The molecule has 0 fully saturated rings. The van der Waals surface area contributed by atoms with Crippen LogP contribution in [0.4, 0.5) is 4.79 Å². The normalized spacial score (nSPS) is 10.2. The third-order valence-electron chi connectivity index (χ3n) is 3.25. The SMILES string of the molecule is Cc1cncn(CCNC(=O)NCCc2ccccc2)c1=O. The summed E-state index contributed by atoms with van der Waals surface area (Å²) >= 11 is 0. The van der Waals surface area contributed by atoms with Gasteiger partial charge in [0.05, 0.1) is 6.33 Å². The van der Waals surface area contributed by atoms with Gasteiger partial charge in [-0.1, -0.05) is 30.3 Å². The molecule has 0 aliphatic heterocycles. The lowest BCUT2D eigenvalue weighted by molar-refractivity contribution is 0.240. The molecular formula is C16H20N4O2. The molecule has 6 nitrogen and oxygen atoms in total. The molecule has 22 heavy (non-hydrogen) atoms. The number of nitrogens with zero attached hydrogens (tertiary/aromatic N) is 2. The molecule has 1 aromatic carbocycles. The van der Waals surface area contributed by atoms with Crippen molar-refractivity contribution in [2.24, 2.45) is 0 Å². The third-order valence-corrected chi connectivity index (χ3v) is 3.25. The molecule has 6 heteroatoms. The van der Waals surface area contributed by atoms with E-state index in [-0.39, 0.29) is 11.6 Å². The minimum atomic E-state index is -0.232. The molecule has 116 valence electrons. The van der Waals surface area contributed by atoms with Crippen LogP contribution >= 0.6 is 0 Å². The summed E-state index contributed by atoms with van der Waals surface area (Å²) in [4.78, 5) is 27.4. The number of aromatic nitrogens is 2. The molecule has 2 rings (SSSR count). The van der Waals surface area contributed by atoms with Crippen LogP contribution in [0.15, 0.2) is 47.7 Å². The van der Waals surface area contributed by atoms with Gasteiger partial charge in [0.2, 0.25) is 0 Å². The largest absolute Gasteiger partial charge is 0.338 e. The van der Waals surface area contributed by atoms with Gasteiger partial charge in [0.15, 0.2) is 0 Å². The zero-order valence-corrected chi connectivity index (χ0v) is 12.6. The lowest BCUT2D eigenvalue weighted by Crippen LogP contribution is -2.39. The molecule has 1 aromatic heterocycles. The molecule has 0 atom stereocenters. The van der Waals surface area contributed by atoms with E-state index in [1.54, 1.807) is 6.92 Å². The fourth-order valence-corrected chi connectivity index (χ4v) is 2.04. The van der Waals surface area contributed by atoms with Gasteiger partial charge in [-0.25, -0.2) is 9.78 Å². The minimum Gasteiger partial charge on any atom is -0.338 e. The highest BCUT2D eigenvalue weighted by Crippen LogP contribution is 1.97. The molecule has 0 saturated carbocycles. The molecule has 2 N–H and O–H groups in total. The summed E-state index contributed by atoms with van der Waals surface area (Å²) in [7, 11) is 0. The predicted molar refractivity (Wildman–Crippen MR) is 84.8 cm³/mol. The van der Waals surface area contributed by atoms with E-state index in [0.29, 0.717) is 25.2 Å². The van der Waals surface area contributed by atoms with Crippen LogP contribution in [-0.2, 0) is 13.0 Å². The summed E-state index contributed by atoms with van der Waals surface area (Å²) in [6.45, 7) is 3.07. The Labute approximate surface area is 129 Å². The quantitative estimate of drug-likeness (QED) is 0.838. The number of benzene rings is 1. The first-order valence-electron chi connectivity index (χ1n) is 7.23. The van der Waals surface area contributed by atoms with E-state index in [9.17, 15) is 9.59 Å². The summed E-state index contributed by atoms with van der Waals surface area (Å²) in [6, 6.07) is 9.73. The number of aryl methyl sites for hydroxylation is 1. The van der Waals surface area contributed by atoms with E-state index in [4.69, 9.17) is 0 Å². The lowest BCUT2D eigenvalue weighted by Gasteiger charge is -2.09. The highest BCUT2D eigenvalue weighted by atomic mass is 16.2. The maximum atomic E-state index is 11.8. The Hall–Kier alpha value is -2.63. The van der Waals surface area contributed by atoms with Gasteiger partial charge in [-0.05, 0) is 18.9 Å². The number of amides is 2. The van der Waals surface area contributed by atoms with Crippen LogP contribution in [0.5, 0.6) is 0 Å². The second kappa shape index (κ2) is 7.97. The molecule has 0 bridgehead atoms. The summed E-state index contributed by atoms with van der Waals surface area (Å²) in [5, 5.41) is 5.52. The maximum Gasteiger partial charge on any atom is 0.314 e. The highest BCUT2D eigenvalue weighted by molar-refractivity contribution is 5.73. The number of nitrogens with one attached hydrogen (secondary N) is 2. The molecule has 0 radical (unpaired) electrons. The van der Waals surface area contributed by atoms with E-state index < -0.39 is 0 Å². The molecule has 0 spiro atoms. The molecule has 0 aliphatic rings. The molecular weight excluding hydrogens is 280 g/mol. The first-order chi connectivity index (χ1) is 10.7. The van der Waals surface area contributed by atoms with Crippen LogP contribution in [0, 0.1) is 6.92 Å². The minimum absolute atomic E-state index is 0.0821. The number of carbonyl (C=O) groups is 1. The molecule has 0 saturated heterocycles. The fourth-order valence-electron chi connectivity index (χ4n) is 2.04. The van der Waals surface area contributed by atoms with Gasteiger partial charge < -0.3 is 10.6 Å². The lowest BCUT2D eigenvalue weighted by atomic mass is 10.1. The van der Waals surface area contributed by atoms with Crippen molar-refractivity contribution in [2.75, 3.05) is 13.1 Å². The van der Waals surface area contributed by atoms with Gasteiger partial charge in [-0.2, -0.15) is 0 Å². The van der Waals surface area contributed by atoms with Crippen molar-refractivity contribution in [1.29, 1.82) is 0 Å². The first-order valence-corrected chi connectivity index (χ1v) is 7.23. The van der Waals surface area contributed by atoms with Gasteiger partial charge >= 0.3 is 6.03 Å². The average Bonchev–Trinajstić information content (AvgIpc) is 2.52. The van der Waals surface area contributed by atoms with Crippen LogP contribution < -0.4 is 16.2 Å². The van der Waals surface area contributed by atoms with Crippen molar-refractivity contribution < 1.29 is 4.79 Å². The summed E-state index contributed by atoms with van der Waals surface area (Å²) in [5.41, 5.74) is 1.69. The molecule has 0 aliphatic carbocycles. The topological polar surface area (TPSA) is 76.0 Å². The van der Waals surface area contributed by atoms with E-state index in [2.05, 4.69) is 15.6 Å². The smallest absolute Gasteiger partial charge is 0.314 e. The average molecular weight is 300 g/mol. The van der Waals surface area contributed by atoms with Crippen molar-refractivity contribution in [3.8, 4) is 0 Å². The Kier molecular flexibility index (Phi) is 5.71. The Morgan fingerprint density at radius 1 is 1.18 bits per heavy atom. The van der Waals surface area contributed by atoms with E-state index >= 15 is 0 Å². The van der Waals surface area contributed by atoms with Crippen LogP contribution in [0.3, 0.4) is 0 Å². The molecule has 2 amide bonds. The molecule has 2 aromatic rings. The predicted octanol–water partition coefficient (Wildman–Crippen LogP) is 1.09. The molecule has 0 unspecified atom stereocenters. The number of rotatable bonds is 6. The summed E-state index contributed by atoms with van der Waals surface area (Å²) < 4.78 is 1.49. The number of hydrogen-bond acceptors (Lipinski definition) is 3. The number of carbonyl (C=O) groups excluding carboxylic acids is 1. The Bertz CT molecular complexity index is 667. The number of urea groups is 1. The highest BCUT2D eigenvalue weighted by Gasteiger charge is 2.02. The Morgan fingerprint density at radius 2 is 1.91 bits per heavy atom. The fraction of sp³-hybridized carbons (Fsp3) is 0.312. The van der Waals surface area contributed by atoms with Crippen molar-refractivity contribution in [3.63, 3.8) is 0 Å². The van der Waals surface area contributed by atoms with Gasteiger partial charge in [0, 0.05) is 31.4 Å². The summed E-state index contributed by atoms with van der Waals surface area (Å²) in [6.07, 6.45) is 3.79. The van der Waals surface area contributed by atoms with Crippen molar-refractivity contribution in [2.45, 2.75) is 19.9 Å². The maximum absolute atomic E-state index is 11.8. The van der Waals surface area contributed by atoms with Crippen LogP contribution in [-0.4, -0.2) is 28.7 Å². The zero-order chi connectivity index (χ0) is 15.8. The van der Waals surface area contributed by atoms with Gasteiger partial charge in [0.1, 0.15) is 0 Å². The summed E-state index contributed by atoms with van der Waals surface area (Å²) in [5.74, 6) is 0. The van der Waals surface area contributed by atoms with E-state index in [1.165, 1.54) is 22.7 Å². The van der Waals surface area contributed by atoms with Gasteiger partial charge in [0.25, 0.3) is 5.56 Å². The third kappa shape index (κ3) is 4.73. The standard InChI is InChI=1S/C16H20N4O2/c1-13-11-17-12-20(15(13)21)10-9-19-16(22)18-8-7-14-5-3-2-4-6-14/h2-6,11-12H,7-10H2,1H3,(H2,18,19,22). The van der Waals surface area contributed by atoms with Crippen LogP contribution in [0.1, 0.15) is 11.1 Å². The number of hydrogen-bond donors (Lipinski definition) is 2. The van der Waals surface area contributed by atoms with Crippen molar-refractivity contribution in [3.05, 3.63) is 64.3 Å². The molecule has 1 heterocycles. The van der Waals surface area contributed by atoms with Crippen LogP contribution in [0.25, 0.3) is 0 Å². The zero-order valence-electron chi connectivity index (χ0n) is 12.6. The van der Waals surface area contributed by atoms with E-state index in [0.717, 1.165) is 6.42 Å². The van der Waals surface area contributed by atoms with Crippen molar-refractivity contribution in [1.82, 2.24) is 20.2 Å². The Balaban J connectivity index is 1.68. The Morgan fingerprint density at radius 3 is 2.68 bits per heavy atom. The van der Waals surface area contributed by atoms with Crippen LogP contribution in [0.2, 0.25) is 0 Å². The van der Waals surface area contributed by atoms with Crippen molar-refractivity contribution >= 4 is 6.03 Å². The van der Waals surface area contributed by atoms with E-state index in [1.807, 2.05) is 30.3 Å². The van der Waals surface area contributed by atoms with Gasteiger partial charge in [-0.15, -0.1) is 0 Å². The first kappa shape index (κ1) is 15.8. The second-order valence-electron chi connectivity index (χ2n) is 4.99. The van der Waals surface area contributed by atoms with Gasteiger partial charge in [-0.3, -0.25) is 9.36 Å². The monoisotopic (exact) mass is 300 g/mol.